The number of anilines is 1. The number of rotatable bonds is 7. The molecule has 0 saturated carbocycles. The molecule has 0 bridgehead atoms. The summed E-state index contributed by atoms with van der Waals surface area (Å²) in [5, 5.41) is 2.77. The third kappa shape index (κ3) is 4.45. The first-order valence-electron chi connectivity index (χ1n) is 10.2. The highest BCUT2D eigenvalue weighted by Crippen LogP contribution is 2.38. The average molecular weight is 492 g/mol. The molecule has 8 heteroatoms. The second-order valence-corrected chi connectivity index (χ2v) is 10.2. The van der Waals surface area contributed by atoms with Crippen LogP contribution in [0.5, 0.6) is 0 Å². The first-order valence-corrected chi connectivity index (χ1v) is 12.6. The average Bonchev–Trinajstić information content (AvgIpc) is 3.32. The molecule has 0 radical (unpaired) electrons. The van der Waals surface area contributed by atoms with Gasteiger partial charge in [0.1, 0.15) is 4.88 Å². The van der Waals surface area contributed by atoms with E-state index in [2.05, 4.69) is 18.7 Å². The summed E-state index contributed by atoms with van der Waals surface area (Å²) < 4.78 is 1.98. The molecule has 0 aliphatic rings. The summed E-state index contributed by atoms with van der Waals surface area (Å²) in [6.07, 6.45) is 0. The van der Waals surface area contributed by atoms with Crippen molar-refractivity contribution in [3.05, 3.63) is 56.9 Å². The van der Waals surface area contributed by atoms with E-state index in [0.717, 1.165) is 45.5 Å². The summed E-state index contributed by atoms with van der Waals surface area (Å²) in [6.45, 7) is 9.40. The zero-order valence-corrected chi connectivity index (χ0v) is 20.8. The van der Waals surface area contributed by atoms with Crippen LogP contribution in [0.15, 0.2) is 36.4 Å². The second kappa shape index (κ2) is 9.43. The Labute approximate surface area is 200 Å². The Kier molecular flexibility index (Phi) is 6.84. The molecule has 4 rings (SSSR count). The predicted octanol–water partition coefficient (Wildman–Crippen LogP) is 7.11. The molecule has 0 spiro atoms. The Bertz CT molecular complexity index is 1250. The van der Waals surface area contributed by atoms with E-state index in [9.17, 15) is 4.79 Å². The van der Waals surface area contributed by atoms with Crippen LogP contribution in [-0.2, 0) is 0 Å². The summed E-state index contributed by atoms with van der Waals surface area (Å²) in [4.78, 5) is 23.2. The molecular formula is C23H23Cl2N3OS2. The van der Waals surface area contributed by atoms with Gasteiger partial charge in [0.15, 0.2) is 5.13 Å². The summed E-state index contributed by atoms with van der Waals surface area (Å²) in [5.74, 6) is -0.110. The highest BCUT2D eigenvalue weighted by molar-refractivity contribution is 7.23. The molecule has 0 aliphatic heterocycles. The third-order valence-electron chi connectivity index (χ3n) is 5.38. The number of nitrogens with zero attached hydrogens (tertiary/aromatic N) is 3. The summed E-state index contributed by atoms with van der Waals surface area (Å²) in [6, 6.07) is 11.7. The zero-order chi connectivity index (χ0) is 22.1. The molecule has 1 amide bonds. The predicted molar refractivity (Wildman–Crippen MR) is 136 cm³/mol. The number of benzene rings is 2. The van der Waals surface area contributed by atoms with E-state index < -0.39 is 0 Å². The molecule has 0 aliphatic carbocycles. The van der Waals surface area contributed by atoms with E-state index in [1.165, 1.54) is 22.7 Å². The van der Waals surface area contributed by atoms with Crippen LogP contribution in [0, 0.1) is 6.92 Å². The molecule has 4 nitrogen and oxygen atoms in total. The van der Waals surface area contributed by atoms with Crippen molar-refractivity contribution in [2.24, 2.45) is 0 Å². The fraction of sp³-hybridized carbons (Fsp3) is 0.304. The summed E-state index contributed by atoms with van der Waals surface area (Å²) >= 11 is 15.8. The highest BCUT2D eigenvalue weighted by Gasteiger charge is 2.26. The Morgan fingerprint density at radius 1 is 1.03 bits per heavy atom. The van der Waals surface area contributed by atoms with Crippen LogP contribution in [0.1, 0.15) is 29.1 Å². The monoisotopic (exact) mass is 491 g/mol. The first-order chi connectivity index (χ1) is 14.9. The van der Waals surface area contributed by atoms with Gasteiger partial charge in [-0.1, -0.05) is 66.6 Å². The van der Waals surface area contributed by atoms with Crippen LogP contribution in [0.2, 0.25) is 10.0 Å². The molecule has 0 N–H and O–H groups in total. The molecule has 0 fully saturated rings. The number of likely N-dealkylation sites (N-methyl/N-ethyl adjacent to an activating group) is 1. The number of carbonyl (C=O) groups excluding carboxylic acids is 1. The van der Waals surface area contributed by atoms with E-state index >= 15 is 0 Å². The largest absolute Gasteiger partial charge is 0.302 e. The van der Waals surface area contributed by atoms with Crippen LogP contribution < -0.4 is 4.90 Å². The summed E-state index contributed by atoms with van der Waals surface area (Å²) in [7, 11) is 0. The van der Waals surface area contributed by atoms with Crippen LogP contribution in [0.3, 0.4) is 0 Å². The van der Waals surface area contributed by atoms with Gasteiger partial charge in [-0.25, -0.2) is 4.98 Å². The topological polar surface area (TPSA) is 36.4 Å². The Morgan fingerprint density at radius 3 is 2.48 bits per heavy atom. The lowest BCUT2D eigenvalue weighted by molar-refractivity contribution is 0.0988. The van der Waals surface area contributed by atoms with Gasteiger partial charge in [-0.15, -0.1) is 11.3 Å². The molecule has 2 aromatic heterocycles. The molecule has 162 valence electrons. The number of carbonyl (C=O) groups is 1. The lowest BCUT2D eigenvalue weighted by Gasteiger charge is -2.24. The number of thiophene rings is 1. The van der Waals surface area contributed by atoms with Crippen molar-refractivity contribution in [3.63, 3.8) is 0 Å². The molecule has 0 unspecified atom stereocenters. The number of halogens is 2. The van der Waals surface area contributed by atoms with Gasteiger partial charge >= 0.3 is 0 Å². The summed E-state index contributed by atoms with van der Waals surface area (Å²) in [5.41, 5.74) is 1.88. The van der Waals surface area contributed by atoms with Gasteiger partial charge in [-0.2, -0.15) is 0 Å². The lowest BCUT2D eigenvalue weighted by Crippen LogP contribution is -2.38. The minimum Gasteiger partial charge on any atom is -0.302 e. The van der Waals surface area contributed by atoms with Crippen molar-refractivity contribution in [1.82, 2.24) is 9.88 Å². The van der Waals surface area contributed by atoms with E-state index in [1.807, 2.05) is 43.3 Å². The normalized spacial score (nSPS) is 11.7. The van der Waals surface area contributed by atoms with Gasteiger partial charge in [0, 0.05) is 28.2 Å². The van der Waals surface area contributed by atoms with Crippen molar-refractivity contribution >= 4 is 77.2 Å². The number of aryl methyl sites for hydroxylation is 1. The van der Waals surface area contributed by atoms with Crippen molar-refractivity contribution in [3.8, 4) is 0 Å². The van der Waals surface area contributed by atoms with Crippen LogP contribution in [-0.4, -0.2) is 42.0 Å². The van der Waals surface area contributed by atoms with Gasteiger partial charge in [0.25, 0.3) is 5.91 Å². The fourth-order valence-electron chi connectivity index (χ4n) is 3.60. The van der Waals surface area contributed by atoms with Crippen molar-refractivity contribution in [1.29, 1.82) is 0 Å². The number of fused-ring (bicyclic) bond motifs is 2. The second-order valence-electron chi connectivity index (χ2n) is 7.29. The van der Waals surface area contributed by atoms with E-state index in [4.69, 9.17) is 28.2 Å². The number of aromatic nitrogens is 1. The maximum atomic E-state index is 13.7. The third-order valence-corrected chi connectivity index (χ3v) is 8.29. The lowest BCUT2D eigenvalue weighted by atomic mass is 10.2. The van der Waals surface area contributed by atoms with Crippen LogP contribution in [0.25, 0.3) is 20.3 Å². The maximum Gasteiger partial charge on any atom is 0.271 e. The molecule has 0 saturated heterocycles. The van der Waals surface area contributed by atoms with Gasteiger partial charge in [-0.3, -0.25) is 9.69 Å². The first kappa shape index (κ1) is 22.5. The fourth-order valence-corrected chi connectivity index (χ4v) is 6.50. The van der Waals surface area contributed by atoms with Crippen molar-refractivity contribution < 1.29 is 4.79 Å². The molecule has 2 heterocycles. The van der Waals surface area contributed by atoms with E-state index in [0.29, 0.717) is 26.6 Å². The smallest absolute Gasteiger partial charge is 0.271 e. The zero-order valence-electron chi connectivity index (χ0n) is 17.6. The molecule has 0 atom stereocenters. The molecule has 2 aromatic carbocycles. The van der Waals surface area contributed by atoms with Gasteiger partial charge in [0.05, 0.1) is 15.2 Å². The quantitative estimate of drug-likeness (QED) is 0.276. The van der Waals surface area contributed by atoms with E-state index in [1.54, 1.807) is 4.90 Å². The maximum absolute atomic E-state index is 13.7. The van der Waals surface area contributed by atoms with Crippen LogP contribution in [0.4, 0.5) is 5.13 Å². The Hall–Kier alpha value is -1.70. The van der Waals surface area contributed by atoms with Gasteiger partial charge in [0.2, 0.25) is 0 Å². The van der Waals surface area contributed by atoms with Crippen LogP contribution >= 0.6 is 45.9 Å². The van der Waals surface area contributed by atoms with Crippen molar-refractivity contribution in [2.75, 3.05) is 31.1 Å². The minimum atomic E-state index is -0.110. The van der Waals surface area contributed by atoms with Gasteiger partial charge < -0.3 is 4.90 Å². The number of hydrogen-bond donors (Lipinski definition) is 0. The van der Waals surface area contributed by atoms with Crippen molar-refractivity contribution in [2.45, 2.75) is 20.8 Å². The molecule has 4 aromatic rings. The number of thiazole rings is 1. The molecular weight excluding hydrogens is 469 g/mol. The van der Waals surface area contributed by atoms with E-state index in [-0.39, 0.29) is 5.91 Å². The minimum absolute atomic E-state index is 0.110. The standard InChI is InChI=1S/C23H23Cl2N3OS2/c1-4-27(5-2)10-11-28(23-26-20-14(3)12-15(24)13-18(20)31-23)22(29)21-19(25)16-8-6-7-9-17(16)30-21/h6-9,12-13H,4-5,10-11H2,1-3H3. The highest BCUT2D eigenvalue weighted by atomic mass is 35.5. The number of amides is 1. The number of hydrogen-bond acceptors (Lipinski definition) is 5. The molecule has 31 heavy (non-hydrogen) atoms. The Balaban J connectivity index is 1.77. The Morgan fingerprint density at radius 2 is 1.77 bits per heavy atom. The SMILES string of the molecule is CCN(CC)CCN(C(=O)c1sc2ccccc2c1Cl)c1nc2c(C)cc(Cl)cc2s1. The van der Waals surface area contributed by atoms with Gasteiger partial charge in [-0.05, 0) is 43.8 Å².